The maximum absolute atomic E-state index is 13.3. The van der Waals surface area contributed by atoms with Crippen molar-refractivity contribution in [3.05, 3.63) is 69.6 Å². The van der Waals surface area contributed by atoms with Crippen molar-refractivity contribution in [2.75, 3.05) is 5.32 Å². The topological polar surface area (TPSA) is 87.8 Å². The first-order chi connectivity index (χ1) is 15.5. The predicted octanol–water partition coefficient (Wildman–Crippen LogP) is 5.30. The number of aryl methyl sites for hydroxylation is 1. The number of benzene rings is 1. The third-order valence-corrected chi connectivity index (χ3v) is 6.83. The molecule has 6 nitrogen and oxygen atoms in total. The van der Waals surface area contributed by atoms with Gasteiger partial charge in [-0.05, 0) is 48.6 Å². The predicted molar refractivity (Wildman–Crippen MR) is 127 cm³/mol. The normalized spacial score (nSPS) is 15.1. The average Bonchev–Trinajstić information content (AvgIpc) is 3.31. The van der Waals surface area contributed by atoms with Gasteiger partial charge in [0.25, 0.3) is 5.56 Å². The van der Waals surface area contributed by atoms with Gasteiger partial charge in [-0.2, -0.15) is 5.26 Å². The Hall–Kier alpha value is -3.24. The molecule has 164 valence electrons. The first-order valence-corrected chi connectivity index (χ1v) is 11.9. The number of nitrogens with one attached hydrogen (secondary N) is 1. The summed E-state index contributed by atoms with van der Waals surface area (Å²) in [5, 5.41) is 14.4. The maximum Gasteiger partial charge on any atom is 0.252 e. The van der Waals surface area contributed by atoms with E-state index in [9.17, 15) is 14.9 Å². The fourth-order valence-corrected chi connectivity index (χ4v) is 5.12. The summed E-state index contributed by atoms with van der Waals surface area (Å²) >= 11 is 1.36. The van der Waals surface area contributed by atoms with Crippen LogP contribution in [-0.4, -0.2) is 15.5 Å². The van der Waals surface area contributed by atoms with Gasteiger partial charge in [0.1, 0.15) is 6.04 Å². The molecule has 1 atom stereocenters. The number of hydrogen-bond donors (Lipinski definition) is 1. The average molecular weight is 447 g/mol. The molecule has 1 aliphatic carbocycles. The Bertz CT molecular complexity index is 1190. The quantitative estimate of drug-likeness (QED) is 0.556. The first-order valence-electron chi connectivity index (χ1n) is 11.0. The molecule has 1 aliphatic rings. The number of carbonyl (C=O) groups excluding carboxylic acids is 1. The summed E-state index contributed by atoms with van der Waals surface area (Å²) in [5.41, 5.74) is 2.62. The number of rotatable bonds is 6. The second-order valence-electron chi connectivity index (χ2n) is 8.37. The molecule has 1 amide bonds. The van der Waals surface area contributed by atoms with Crippen molar-refractivity contribution in [2.45, 2.75) is 51.5 Å². The van der Waals surface area contributed by atoms with Crippen molar-refractivity contribution in [3.8, 4) is 17.2 Å². The minimum atomic E-state index is -0.589. The summed E-state index contributed by atoms with van der Waals surface area (Å²) in [6.07, 6.45) is 8.06. The van der Waals surface area contributed by atoms with E-state index in [1.165, 1.54) is 30.6 Å². The largest absolute Gasteiger partial charge is 0.300 e. The Morgan fingerprint density at radius 3 is 2.75 bits per heavy atom. The number of carbonyl (C=O) groups is 1. The van der Waals surface area contributed by atoms with Gasteiger partial charge < -0.3 is 9.88 Å². The SMILES string of the molecule is Cc1cc(-c2cccc(C#N)c2)cc(=O)n1C(CC1CCCCC1)C(=O)Nc1nccs1. The standard InChI is InChI=1S/C25H26N4O2S/c1-17-12-21(20-9-5-8-19(13-20)16-26)15-23(30)29(17)22(14-18-6-3-2-4-7-18)24(31)28-25-27-10-11-32-25/h5,8-13,15,18,22H,2-4,6-7,14H2,1H3,(H,27,28,31). The van der Waals surface area contributed by atoms with Crippen LogP contribution in [0.1, 0.15) is 55.8 Å². The van der Waals surface area contributed by atoms with Crippen LogP contribution in [0.2, 0.25) is 0 Å². The van der Waals surface area contributed by atoms with Crippen molar-refractivity contribution in [1.82, 2.24) is 9.55 Å². The van der Waals surface area contributed by atoms with E-state index in [2.05, 4.69) is 16.4 Å². The van der Waals surface area contributed by atoms with E-state index in [0.29, 0.717) is 23.0 Å². The molecule has 0 saturated heterocycles. The molecule has 1 unspecified atom stereocenters. The van der Waals surface area contributed by atoms with Crippen LogP contribution in [0.15, 0.2) is 52.8 Å². The van der Waals surface area contributed by atoms with Crippen molar-refractivity contribution >= 4 is 22.4 Å². The summed E-state index contributed by atoms with van der Waals surface area (Å²) in [4.78, 5) is 30.7. The van der Waals surface area contributed by atoms with Gasteiger partial charge in [0.05, 0.1) is 11.6 Å². The molecule has 1 aromatic carbocycles. The lowest BCUT2D eigenvalue weighted by atomic mass is 9.84. The highest BCUT2D eigenvalue weighted by Crippen LogP contribution is 2.32. The Morgan fingerprint density at radius 1 is 1.25 bits per heavy atom. The third-order valence-electron chi connectivity index (χ3n) is 6.14. The van der Waals surface area contributed by atoms with E-state index < -0.39 is 6.04 Å². The minimum Gasteiger partial charge on any atom is -0.300 e. The summed E-state index contributed by atoms with van der Waals surface area (Å²) in [6, 6.07) is 12.2. The molecule has 1 fully saturated rings. The van der Waals surface area contributed by atoms with Gasteiger partial charge in [-0.3, -0.25) is 9.59 Å². The molecule has 4 rings (SSSR count). The highest BCUT2D eigenvalue weighted by Gasteiger charge is 2.28. The number of anilines is 1. The van der Waals surface area contributed by atoms with Gasteiger partial charge in [-0.25, -0.2) is 4.98 Å². The summed E-state index contributed by atoms with van der Waals surface area (Å²) in [5.74, 6) is 0.226. The van der Waals surface area contributed by atoms with E-state index in [1.807, 2.05) is 30.5 Å². The van der Waals surface area contributed by atoms with E-state index >= 15 is 0 Å². The van der Waals surface area contributed by atoms with Crippen molar-refractivity contribution in [2.24, 2.45) is 5.92 Å². The third kappa shape index (κ3) is 4.97. The highest BCUT2D eigenvalue weighted by molar-refractivity contribution is 7.13. The Morgan fingerprint density at radius 2 is 2.06 bits per heavy atom. The number of nitriles is 1. The molecule has 0 aliphatic heterocycles. The summed E-state index contributed by atoms with van der Waals surface area (Å²) in [7, 11) is 0. The molecular formula is C25H26N4O2S. The van der Waals surface area contributed by atoms with Crippen LogP contribution < -0.4 is 10.9 Å². The molecule has 0 radical (unpaired) electrons. The zero-order valence-electron chi connectivity index (χ0n) is 18.1. The lowest BCUT2D eigenvalue weighted by molar-refractivity contribution is -0.120. The van der Waals surface area contributed by atoms with Crippen LogP contribution >= 0.6 is 11.3 Å². The molecule has 32 heavy (non-hydrogen) atoms. The zero-order valence-corrected chi connectivity index (χ0v) is 18.9. The minimum absolute atomic E-state index is 0.199. The van der Waals surface area contributed by atoms with Crippen LogP contribution in [0.5, 0.6) is 0 Å². The maximum atomic E-state index is 13.3. The molecule has 2 aromatic heterocycles. The van der Waals surface area contributed by atoms with Gasteiger partial charge in [-0.1, -0.05) is 44.2 Å². The Kier molecular flexibility index (Phi) is 6.81. The van der Waals surface area contributed by atoms with Crippen molar-refractivity contribution in [3.63, 3.8) is 0 Å². The van der Waals surface area contributed by atoms with Gasteiger partial charge in [0, 0.05) is 23.3 Å². The lowest BCUT2D eigenvalue weighted by Crippen LogP contribution is -2.36. The zero-order chi connectivity index (χ0) is 22.5. The number of pyridine rings is 1. The van der Waals surface area contributed by atoms with E-state index in [4.69, 9.17) is 0 Å². The number of thiazole rings is 1. The van der Waals surface area contributed by atoms with Crippen molar-refractivity contribution in [1.29, 1.82) is 5.26 Å². The van der Waals surface area contributed by atoms with E-state index in [0.717, 1.165) is 29.7 Å². The van der Waals surface area contributed by atoms with Gasteiger partial charge in [-0.15, -0.1) is 11.3 Å². The van der Waals surface area contributed by atoms with Crippen molar-refractivity contribution < 1.29 is 4.79 Å². The molecule has 0 bridgehead atoms. The van der Waals surface area contributed by atoms with Gasteiger partial charge in [0.2, 0.25) is 5.91 Å². The molecule has 1 N–H and O–H groups in total. The van der Waals surface area contributed by atoms with Crippen LogP contribution in [-0.2, 0) is 4.79 Å². The van der Waals surface area contributed by atoms with Gasteiger partial charge >= 0.3 is 0 Å². The van der Waals surface area contributed by atoms with E-state index in [-0.39, 0.29) is 11.5 Å². The molecular weight excluding hydrogens is 420 g/mol. The molecule has 3 aromatic rings. The second-order valence-corrected chi connectivity index (χ2v) is 9.26. The van der Waals surface area contributed by atoms with Gasteiger partial charge in [0.15, 0.2) is 5.13 Å². The number of nitrogens with zero attached hydrogens (tertiary/aromatic N) is 3. The molecule has 1 saturated carbocycles. The molecule has 2 heterocycles. The Balaban J connectivity index is 1.69. The summed E-state index contributed by atoms with van der Waals surface area (Å²) in [6.45, 7) is 1.86. The highest BCUT2D eigenvalue weighted by atomic mass is 32.1. The number of hydrogen-bond acceptors (Lipinski definition) is 5. The number of aromatic nitrogens is 2. The van der Waals surface area contributed by atoms with Crippen LogP contribution in [0.3, 0.4) is 0 Å². The lowest BCUT2D eigenvalue weighted by Gasteiger charge is -2.28. The molecule has 0 spiro atoms. The number of amides is 1. The summed E-state index contributed by atoms with van der Waals surface area (Å²) < 4.78 is 1.62. The molecule has 7 heteroatoms. The van der Waals surface area contributed by atoms with E-state index in [1.54, 1.807) is 29.0 Å². The van der Waals surface area contributed by atoms with Crippen LogP contribution in [0.25, 0.3) is 11.1 Å². The monoisotopic (exact) mass is 446 g/mol. The van der Waals surface area contributed by atoms with Crippen LogP contribution in [0.4, 0.5) is 5.13 Å². The second kappa shape index (κ2) is 9.92. The van der Waals surface area contributed by atoms with Crippen LogP contribution in [0, 0.1) is 24.2 Å². The Labute approximate surface area is 191 Å². The first kappa shape index (κ1) is 22.0. The fourth-order valence-electron chi connectivity index (χ4n) is 4.59. The fraction of sp³-hybridized carbons (Fsp3) is 0.360. The smallest absolute Gasteiger partial charge is 0.252 e.